The third kappa shape index (κ3) is 13.4. The van der Waals surface area contributed by atoms with E-state index in [9.17, 15) is 4.79 Å². The molecular weight excluding hydrogens is 194 g/mol. The molecule has 0 unspecified atom stereocenters. The van der Waals surface area contributed by atoms with Crippen LogP contribution in [-0.4, -0.2) is 37.4 Å². The van der Waals surface area contributed by atoms with Crippen LogP contribution in [0.4, 0.5) is 0 Å². The van der Waals surface area contributed by atoms with Crippen molar-refractivity contribution < 1.29 is 14.6 Å². The molecule has 0 heterocycles. The fraction of sp³-hybridized carbons (Fsp3) is 0.909. The van der Waals surface area contributed by atoms with E-state index in [-0.39, 0.29) is 6.42 Å². The fourth-order valence-electron chi connectivity index (χ4n) is 1.11. The second kappa shape index (κ2) is 9.93. The monoisotopic (exact) mass is 217 g/mol. The average molecular weight is 217 g/mol. The maximum Gasteiger partial charge on any atom is 0.303 e. The summed E-state index contributed by atoms with van der Waals surface area (Å²) in [6.45, 7) is 7.51. The van der Waals surface area contributed by atoms with Gasteiger partial charge in [0.05, 0.1) is 6.61 Å². The Kier molecular flexibility index (Phi) is 9.52. The van der Waals surface area contributed by atoms with E-state index in [1.807, 2.05) is 0 Å². The molecule has 0 aliphatic heterocycles. The van der Waals surface area contributed by atoms with Crippen LogP contribution in [0.2, 0.25) is 0 Å². The summed E-state index contributed by atoms with van der Waals surface area (Å²) < 4.78 is 5.38. The molecule has 0 bridgehead atoms. The summed E-state index contributed by atoms with van der Waals surface area (Å²) in [7, 11) is 0. The predicted octanol–water partition coefficient (Wildman–Crippen LogP) is 1.50. The maximum atomic E-state index is 10.2. The van der Waals surface area contributed by atoms with Gasteiger partial charge in [0.25, 0.3) is 0 Å². The van der Waals surface area contributed by atoms with E-state index < -0.39 is 5.97 Å². The lowest BCUT2D eigenvalue weighted by atomic mass is 10.2. The molecule has 4 heteroatoms. The minimum absolute atomic E-state index is 0.269. The number of hydrogen-bond donors (Lipinski definition) is 2. The lowest BCUT2D eigenvalue weighted by molar-refractivity contribution is -0.137. The van der Waals surface area contributed by atoms with Gasteiger partial charge in [0, 0.05) is 19.6 Å². The lowest BCUT2D eigenvalue weighted by Gasteiger charge is -2.07. The highest BCUT2D eigenvalue weighted by Crippen LogP contribution is 1.93. The molecule has 2 N–H and O–H groups in total. The van der Waals surface area contributed by atoms with Gasteiger partial charge in [-0.15, -0.1) is 0 Å². The van der Waals surface area contributed by atoms with E-state index in [0.717, 1.165) is 39.1 Å². The first-order valence-electron chi connectivity index (χ1n) is 5.63. The Labute approximate surface area is 92.0 Å². The number of hydrogen-bond acceptors (Lipinski definition) is 3. The Balaban J connectivity index is 2.96. The second-order valence-corrected chi connectivity index (χ2v) is 4.07. The van der Waals surface area contributed by atoms with Gasteiger partial charge in [-0.1, -0.05) is 13.8 Å². The van der Waals surface area contributed by atoms with Crippen molar-refractivity contribution in [2.75, 3.05) is 26.3 Å². The van der Waals surface area contributed by atoms with Crippen LogP contribution in [0.3, 0.4) is 0 Å². The van der Waals surface area contributed by atoms with Crippen LogP contribution in [0, 0.1) is 5.92 Å². The second-order valence-electron chi connectivity index (χ2n) is 4.07. The number of ether oxygens (including phenoxy) is 1. The van der Waals surface area contributed by atoms with Crippen LogP contribution >= 0.6 is 0 Å². The van der Waals surface area contributed by atoms with Gasteiger partial charge in [0.2, 0.25) is 0 Å². The van der Waals surface area contributed by atoms with Crippen molar-refractivity contribution in [1.82, 2.24) is 5.32 Å². The Morgan fingerprint density at radius 3 is 2.67 bits per heavy atom. The number of carbonyl (C=O) groups is 1. The summed E-state index contributed by atoms with van der Waals surface area (Å²) in [4.78, 5) is 10.2. The zero-order valence-electron chi connectivity index (χ0n) is 9.79. The number of rotatable bonds is 10. The molecular formula is C11H23NO3. The van der Waals surface area contributed by atoms with E-state index in [4.69, 9.17) is 9.84 Å². The fourth-order valence-corrected chi connectivity index (χ4v) is 1.11. The summed E-state index contributed by atoms with van der Waals surface area (Å²) in [5, 5.41) is 11.6. The minimum atomic E-state index is -0.713. The molecule has 90 valence electrons. The van der Waals surface area contributed by atoms with E-state index in [1.54, 1.807) is 0 Å². The van der Waals surface area contributed by atoms with Gasteiger partial charge in [-0.2, -0.15) is 0 Å². The third-order valence-corrected chi connectivity index (χ3v) is 1.87. The van der Waals surface area contributed by atoms with E-state index >= 15 is 0 Å². The van der Waals surface area contributed by atoms with Gasteiger partial charge in [0.15, 0.2) is 0 Å². The molecule has 0 aromatic rings. The van der Waals surface area contributed by atoms with Crippen LogP contribution in [0.15, 0.2) is 0 Å². The van der Waals surface area contributed by atoms with E-state index in [0.29, 0.717) is 5.92 Å². The van der Waals surface area contributed by atoms with Crippen LogP contribution in [0.25, 0.3) is 0 Å². The van der Waals surface area contributed by atoms with Crippen molar-refractivity contribution in [3.05, 3.63) is 0 Å². The highest BCUT2D eigenvalue weighted by molar-refractivity contribution is 5.66. The van der Waals surface area contributed by atoms with Gasteiger partial charge < -0.3 is 15.2 Å². The largest absolute Gasteiger partial charge is 0.481 e. The van der Waals surface area contributed by atoms with Gasteiger partial charge in [0.1, 0.15) is 0 Å². The zero-order chi connectivity index (χ0) is 11.5. The van der Waals surface area contributed by atoms with Crippen molar-refractivity contribution in [1.29, 1.82) is 0 Å². The first kappa shape index (κ1) is 14.4. The average Bonchev–Trinajstić information content (AvgIpc) is 2.14. The number of aliphatic carboxylic acids is 1. The van der Waals surface area contributed by atoms with Crippen molar-refractivity contribution in [2.24, 2.45) is 5.92 Å². The first-order valence-corrected chi connectivity index (χ1v) is 5.63. The Morgan fingerprint density at radius 1 is 1.33 bits per heavy atom. The molecule has 0 fully saturated rings. The van der Waals surface area contributed by atoms with E-state index in [1.165, 1.54) is 0 Å². The smallest absolute Gasteiger partial charge is 0.303 e. The SMILES string of the molecule is CC(C)COCCNCCCCC(=O)O. The third-order valence-electron chi connectivity index (χ3n) is 1.87. The van der Waals surface area contributed by atoms with Crippen LogP contribution in [0.5, 0.6) is 0 Å². The summed E-state index contributed by atoms with van der Waals surface area (Å²) >= 11 is 0. The molecule has 0 aliphatic carbocycles. The summed E-state index contributed by atoms with van der Waals surface area (Å²) in [5.41, 5.74) is 0. The quantitative estimate of drug-likeness (QED) is 0.544. The number of nitrogens with one attached hydrogen (secondary N) is 1. The number of carboxylic acids is 1. The van der Waals surface area contributed by atoms with Gasteiger partial charge >= 0.3 is 5.97 Å². The molecule has 0 radical (unpaired) electrons. The van der Waals surface area contributed by atoms with E-state index in [2.05, 4.69) is 19.2 Å². The molecule has 0 atom stereocenters. The molecule has 0 aromatic carbocycles. The molecule has 0 aromatic heterocycles. The maximum absolute atomic E-state index is 10.2. The van der Waals surface area contributed by atoms with Crippen molar-refractivity contribution >= 4 is 5.97 Å². The summed E-state index contributed by atoms with van der Waals surface area (Å²) in [6.07, 6.45) is 1.93. The number of carboxylic acid groups (broad SMARTS) is 1. The Bertz CT molecular complexity index is 160. The molecule has 0 saturated carbocycles. The molecule has 15 heavy (non-hydrogen) atoms. The van der Waals surface area contributed by atoms with Crippen LogP contribution in [-0.2, 0) is 9.53 Å². The molecule has 0 amide bonds. The lowest BCUT2D eigenvalue weighted by Crippen LogP contribution is -2.21. The zero-order valence-corrected chi connectivity index (χ0v) is 9.79. The predicted molar refractivity (Wildman–Crippen MR) is 60.0 cm³/mol. The Morgan fingerprint density at radius 2 is 2.07 bits per heavy atom. The van der Waals surface area contributed by atoms with Crippen molar-refractivity contribution in [3.63, 3.8) is 0 Å². The molecule has 0 spiro atoms. The van der Waals surface area contributed by atoms with Crippen LogP contribution < -0.4 is 5.32 Å². The summed E-state index contributed by atoms with van der Waals surface area (Å²) in [6, 6.07) is 0. The standard InChI is InChI=1S/C11H23NO3/c1-10(2)9-15-8-7-12-6-4-3-5-11(13)14/h10,12H,3-9H2,1-2H3,(H,13,14). The minimum Gasteiger partial charge on any atom is -0.481 e. The molecule has 0 aliphatic rings. The van der Waals surface area contributed by atoms with Gasteiger partial charge in [-0.3, -0.25) is 4.79 Å². The number of unbranched alkanes of at least 4 members (excludes halogenated alkanes) is 1. The normalized spacial score (nSPS) is 10.9. The van der Waals surface area contributed by atoms with Crippen LogP contribution in [0.1, 0.15) is 33.1 Å². The topological polar surface area (TPSA) is 58.6 Å². The molecule has 0 saturated heterocycles. The van der Waals surface area contributed by atoms with Gasteiger partial charge in [-0.25, -0.2) is 0 Å². The Hall–Kier alpha value is -0.610. The molecule has 4 nitrogen and oxygen atoms in total. The molecule has 0 rings (SSSR count). The van der Waals surface area contributed by atoms with Crippen molar-refractivity contribution in [3.8, 4) is 0 Å². The summed E-state index contributed by atoms with van der Waals surface area (Å²) in [5.74, 6) is -0.129. The highest BCUT2D eigenvalue weighted by Gasteiger charge is 1.96. The van der Waals surface area contributed by atoms with Gasteiger partial charge in [-0.05, 0) is 25.3 Å². The first-order chi connectivity index (χ1) is 7.13. The highest BCUT2D eigenvalue weighted by atomic mass is 16.5. The van der Waals surface area contributed by atoms with Crippen molar-refractivity contribution in [2.45, 2.75) is 33.1 Å².